The van der Waals surface area contributed by atoms with Gasteiger partial charge < -0.3 is 0 Å². The number of aryl methyl sites for hydroxylation is 1. The van der Waals surface area contributed by atoms with Gasteiger partial charge in [0.05, 0.1) is 20.9 Å². The van der Waals surface area contributed by atoms with Crippen LogP contribution < -0.4 is 4.90 Å². The number of imide groups is 1. The van der Waals surface area contributed by atoms with Crippen LogP contribution in [0.4, 0.5) is 5.69 Å². The summed E-state index contributed by atoms with van der Waals surface area (Å²) in [5.74, 6) is -0.464. The van der Waals surface area contributed by atoms with Crippen LogP contribution in [-0.4, -0.2) is 22.0 Å². The molecule has 0 spiro atoms. The summed E-state index contributed by atoms with van der Waals surface area (Å²) in [6.07, 6.45) is 0.156. The molecule has 2 aromatic carbocycles. The number of halogens is 1. The standard InChI is InChI=1S/C18H13ClN2O2S2/c1-10-6-7-13(11(19)8-10)21-16(22)9-15(17(21)23)25-18-20-12-4-2-3-5-14(12)24-18/h2-8,15H,9H2,1H3/t15-/m0/s1. The van der Waals surface area contributed by atoms with E-state index < -0.39 is 5.25 Å². The first-order valence-corrected chi connectivity index (χ1v) is 9.75. The lowest BCUT2D eigenvalue weighted by Gasteiger charge is -2.16. The van der Waals surface area contributed by atoms with Crippen LogP contribution in [0.1, 0.15) is 12.0 Å². The molecule has 0 aliphatic carbocycles. The van der Waals surface area contributed by atoms with E-state index in [0.717, 1.165) is 20.1 Å². The quantitative estimate of drug-likeness (QED) is 0.611. The van der Waals surface area contributed by atoms with Crippen LogP contribution in [0.2, 0.25) is 5.02 Å². The maximum Gasteiger partial charge on any atom is 0.247 e. The van der Waals surface area contributed by atoms with Crippen molar-refractivity contribution in [2.45, 2.75) is 22.9 Å². The summed E-state index contributed by atoms with van der Waals surface area (Å²) < 4.78 is 1.87. The minimum atomic E-state index is -0.467. The molecule has 3 aromatic rings. The molecule has 0 bridgehead atoms. The third-order valence-corrected chi connectivity index (χ3v) is 6.58. The molecule has 4 nitrogen and oxygen atoms in total. The third kappa shape index (κ3) is 3.05. The fourth-order valence-corrected chi connectivity index (χ4v) is 5.42. The lowest BCUT2D eigenvalue weighted by Crippen LogP contribution is -2.31. The Kier molecular flexibility index (Phi) is 4.27. The average molecular weight is 389 g/mol. The first kappa shape index (κ1) is 16.6. The van der Waals surface area contributed by atoms with Gasteiger partial charge in [0.2, 0.25) is 11.8 Å². The minimum Gasteiger partial charge on any atom is -0.274 e. The van der Waals surface area contributed by atoms with E-state index in [2.05, 4.69) is 4.98 Å². The van der Waals surface area contributed by atoms with Gasteiger partial charge in [-0.1, -0.05) is 41.6 Å². The van der Waals surface area contributed by atoms with Gasteiger partial charge in [-0.25, -0.2) is 9.88 Å². The van der Waals surface area contributed by atoms with Crippen molar-refractivity contribution in [1.29, 1.82) is 0 Å². The summed E-state index contributed by atoms with van der Waals surface area (Å²) >= 11 is 9.12. The number of fused-ring (bicyclic) bond motifs is 1. The molecule has 4 rings (SSSR count). The Morgan fingerprint density at radius 3 is 2.80 bits per heavy atom. The van der Waals surface area contributed by atoms with E-state index in [4.69, 9.17) is 11.6 Å². The Balaban J connectivity index is 1.60. The van der Waals surface area contributed by atoms with Crippen LogP contribution in [0.3, 0.4) is 0 Å². The van der Waals surface area contributed by atoms with E-state index in [0.29, 0.717) is 10.7 Å². The Labute approximate surface area is 157 Å². The van der Waals surface area contributed by atoms with Crippen molar-refractivity contribution < 1.29 is 9.59 Å². The summed E-state index contributed by atoms with van der Waals surface area (Å²) in [7, 11) is 0. The van der Waals surface area contributed by atoms with Crippen molar-refractivity contribution in [2.75, 3.05) is 4.90 Å². The Morgan fingerprint density at radius 2 is 2.04 bits per heavy atom. The second-order valence-electron chi connectivity index (χ2n) is 5.78. The van der Waals surface area contributed by atoms with Gasteiger partial charge in [0.1, 0.15) is 5.25 Å². The number of nitrogens with zero attached hydrogens (tertiary/aromatic N) is 2. The predicted molar refractivity (Wildman–Crippen MR) is 103 cm³/mol. The molecule has 0 radical (unpaired) electrons. The van der Waals surface area contributed by atoms with Gasteiger partial charge in [-0.2, -0.15) is 0 Å². The van der Waals surface area contributed by atoms with Crippen molar-refractivity contribution in [1.82, 2.24) is 4.98 Å². The van der Waals surface area contributed by atoms with Gasteiger partial charge >= 0.3 is 0 Å². The number of benzene rings is 2. The molecule has 7 heteroatoms. The summed E-state index contributed by atoms with van der Waals surface area (Å²) in [6, 6.07) is 13.1. The first-order chi connectivity index (χ1) is 12.0. The third-order valence-electron chi connectivity index (χ3n) is 3.97. The maximum absolute atomic E-state index is 12.8. The Hall–Kier alpha value is -1.89. The maximum atomic E-state index is 12.8. The molecule has 2 heterocycles. The van der Waals surface area contributed by atoms with Crippen molar-refractivity contribution in [3.63, 3.8) is 0 Å². The largest absolute Gasteiger partial charge is 0.274 e. The van der Waals surface area contributed by atoms with Gasteiger partial charge in [0, 0.05) is 6.42 Å². The number of carbonyl (C=O) groups excluding carboxylic acids is 2. The Morgan fingerprint density at radius 1 is 1.24 bits per heavy atom. The zero-order chi connectivity index (χ0) is 17.6. The molecule has 0 saturated carbocycles. The van der Waals surface area contributed by atoms with Crippen LogP contribution in [0, 0.1) is 6.92 Å². The lowest BCUT2D eigenvalue weighted by molar-refractivity contribution is -0.121. The fraction of sp³-hybridized carbons (Fsp3) is 0.167. The number of aromatic nitrogens is 1. The molecule has 1 atom stereocenters. The van der Waals surface area contributed by atoms with Crippen LogP contribution in [0.25, 0.3) is 10.2 Å². The molecule has 1 aliphatic rings. The van der Waals surface area contributed by atoms with Gasteiger partial charge in [0.15, 0.2) is 4.34 Å². The fourth-order valence-electron chi connectivity index (χ4n) is 2.77. The molecule has 1 aliphatic heterocycles. The number of rotatable bonds is 3. The molecule has 0 unspecified atom stereocenters. The summed E-state index contributed by atoms with van der Waals surface area (Å²) in [5.41, 5.74) is 2.34. The van der Waals surface area contributed by atoms with E-state index in [-0.39, 0.29) is 18.2 Å². The van der Waals surface area contributed by atoms with Crippen molar-refractivity contribution >= 4 is 62.4 Å². The number of para-hydroxylation sites is 1. The zero-order valence-electron chi connectivity index (χ0n) is 13.2. The predicted octanol–water partition coefficient (Wildman–Crippen LogP) is 4.68. The number of amides is 2. The highest BCUT2D eigenvalue weighted by atomic mass is 35.5. The highest BCUT2D eigenvalue weighted by Crippen LogP contribution is 2.39. The van der Waals surface area contributed by atoms with Crippen LogP contribution >= 0.6 is 34.7 Å². The topological polar surface area (TPSA) is 50.3 Å². The number of thioether (sulfide) groups is 1. The molecule has 1 saturated heterocycles. The number of carbonyl (C=O) groups is 2. The minimum absolute atomic E-state index is 0.156. The van der Waals surface area contributed by atoms with Gasteiger partial charge in [-0.3, -0.25) is 9.59 Å². The Bertz CT molecular complexity index is 969. The van der Waals surface area contributed by atoms with Crippen molar-refractivity contribution in [2.24, 2.45) is 0 Å². The van der Waals surface area contributed by atoms with E-state index >= 15 is 0 Å². The number of anilines is 1. The molecule has 2 amide bonds. The normalized spacial score (nSPS) is 17.7. The number of hydrogen-bond donors (Lipinski definition) is 0. The van der Waals surface area contributed by atoms with Crippen molar-refractivity contribution in [3.05, 3.63) is 53.1 Å². The molecule has 0 N–H and O–H groups in total. The van der Waals surface area contributed by atoms with Crippen LogP contribution in [0.5, 0.6) is 0 Å². The van der Waals surface area contributed by atoms with E-state index in [9.17, 15) is 9.59 Å². The summed E-state index contributed by atoms with van der Waals surface area (Å²) in [5, 5.41) is -0.0576. The summed E-state index contributed by atoms with van der Waals surface area (Å²) in [4.78, 5) is 30.9. The van der Waals surface area contributed by atoms with E-state index in [1.54, 1.807) is 12.1 Å². The van der Waals surface area contributed by atoms with Gasteiger partial charge in [-0.15, -0.1) is 11.3 Å². The monoisotopic (exact) mass is 388 g/mol. The second-order valence-corrected chi connectivity index (χ2v) is 8.67. The average Bonchev–Trinajstić information content (AvgIpc) is 3.09. The van der Waals surface area contributed by atoms with Crippen molar-refractivity contribution in [3.8, 4) is 0 Å². The molecule has 1 aromatic heterocycles. The lowest BCUT2D eigenvalue weighted by atomic mass is 10.2. The summed E-state index contributed by atoms with van der Waals surface area (Å²) in [6.45, 7) is 1.91. The van der Waals surface area contributed by atoms with E-state index in [1.165, 1.54) is 28.0 Å². The molecule has 126 valence electrons. The molecular formula is C18H13ClN2O2S2. The highest BCUT2D eigenvalue weighted by molar-refractivity contribution is 8.02. The molecule has 25 heavy (non-hydrogen) atoms. The van der Waals surface area contributed by atoms with Gasteiger partial charge in [-0.05, 0) is 36.8 Å². The number of thiazole rings is 1. The SMILES string of the molecule is Cc1ccc(N2C(=O)C[C@H](Sc3nc4ccccc4s3)C2=O)c(Cl)c1. The second kappa shape index (κ2) is 6.44. The zero-order valence-corrected chi connectivity index (χ0v) is 15.6. The highest BCUT2D eigenvalue weighted by Gasteiger charge is 2.41. The first-order valence-electron chi connectivity index (χ1n) is 7.68. The van der Waals surface area contributed by atoms with Crippen LogP contribution in [-0.2, 0) is 9.59 Å². The molecule has 1 fully saturated rings. The smallest absolute Gasteiger partial charge is 0.247 e. The van der Waals surface area contributed by atoms with Gasteiger partial charge in [0.25, 0.3) is 0 Å². The molecular weight excluding hydrogens is 376 g/mol. The van der Waals surface area contributed by atoms with Crippen LogP contribution in [0.15, 0.2) is 46.8 Å². The van der Waals surface area contributed by atoms with E-state index in [1.807, 2.05) is 37.3 Å². The number of hydrogen-bond acceptors (Lipinski definition) is 5.